The highest BCUT2D eigenvalue weighted by Gasteiger charge is 2.26. The molecule has 1 fully saturated rings. The summed E-state index contributed by atoms with van der Waals surface area (Å²) in [6.07, 6.45) is 0.260. The predicted molar refractivity (Wildman–Crippen MR) is 104 cm³/mol. The summed E-state index contributed by atoms with van der Waals surface area (Å²) in [6.45, 7) is 5.52. The first-order valence-corrected chi connectivity index (χ1v) is 10.6. The molecular formula is C17H23N5O3S2. The van der Waals surface area contributed by atoms with E-state index in [1.807, 2.05) is 40.8 Å². The zero-order valence-electron chi connectivity index (χ0n) is 15.3. The number of ether oxygens (including phenoxy) is 1. The third kappa shape index (κ3) is 5.08. The second-order valence-corrected chi connectivity index (χ2v) is 8.39. The van der Waals surface area contributed by atoms with Crippen LogP contribution in [0.1, 0.15) is 20.3 Å². The molecule has 27 heavy (non-hydrogen) atoms. The summed E-state index contributed by atoms with van der Waals surface area (Å²) in [7, 11) is 0. The van der Waals surface area contributed by atoms with E-state index in [2.05, 4.69) is 10.2 Å². The summed E-state index contributed by atoms with van der Waals surface area (Å²) in [5, 5.41) is 11.1. The average Bonchev–Trinajstić information content (AvgIpc) is 3.26. The van der Waals surface area contributed by atoms with E-state index >= 15 is 0 Å². The maximum absolute atomic E-state index is 12.6. The lowest BCUT2D eigenvalue weighted by molar-refractivity contribution is -0.140. The minimum atomic E-state index is -0.385. The molecule has 1 aliphatic rings. The van der Waals surface area contributed by atoms with Gasteiger partial charge in [-0.2, -0.15) is 0 Å². The molecule has 0 unspecified atom stereocenters. The van der Waals surface area contributed by atoms with Crippen LogP contribution >= 0.6 is 23.1 Å². The molecule has 2 N–H and O–H groups in total. The third-order valence-corrected chi connectivity index (χ3v) is 5.95. The monoisotopic (exact) mass is 409 g/mol. The zero-order valence-corrected chi connectivity index (χ0v) is 17.0. The molecule has 0 saturated carbocycles. The first-order valence-electron chi connectivity index (χ1n) is 8.75. The molecule has 2 aromatic rings. The summed E-state index contributed by atoms with van der Waals surface area (Å²) in [5.74, 6) is 0.613. The van der Waals surface area contributed by atoms with Crippen molar-refractivity contribution in [3.63, 3.8) is 0 Å². The summed E-state index contributed by atoms with van der Waals surface area (Å²) < 4.78 is 7.54. The standard InChI is InChI=1S/C17H23N5O3S2/c1-11-8-21(9-12(2)25-11)15(24)10-27-17-20-19-16(13-4-3-7-26-13)22(17)6-5-14(18)23/h3-4,7,11-12H,5-6,8-10H2,1-2H3,(H2,18,23)/t11-,12+. The maximum atomic E-state index is 12.6. The highest BCUT2D eigenvalue weighted by molar-refractivity contribution is 7.99. The Hall–Kier alpha value is -1.91. The lowest BCUT2D eigenvalue weighted by Gasteiger charge is -2.35. The SMILES string of the molecule is C[C@@H]1CN(C(=O)CSc2nnc(-c3cccs3)n2CCC(N)=O)C[C@H](C)O1. The van der Waals surface area contributed by atoms with Gasteiger partial charge in [0.05, 0.1) is 22.8 Å². The number of carbonyl (C=O) groups excluding carboxylic acids is 2. The average molecular weight is 410 g/mol. The van der Waals surface area contributed by atoms with E-state index in [1.54, 1.807) is 11.3 Å². The Labute approximate surface area is 166 Å². The van der Waals surface area contributed by atoms with Crippen molar-refractivity contribution in [2.24, 2.45) is 5.73 Å². The van der Waals surface area contributed by atoms with Gasteiger partial charge in [0.1, 0.15) is 0 Å². The van der Waals surface area contributed by atoms with Gasteiger partial charge in [0.2, 0.25) is 11.8 Å². The Morgan fingerprint density at radius 3 is 2.70 bits per heavy atom. The number of thiophene rings is 1. The molecule has 1 aliphatic heterocycles. The number of rotatable bonds is 7. The van der Waals surface area contributed by atoms with Crippen molar-refractivity contribution >= 4 is 34.9 Å². The van der Waals surface area contributed by atoms with Crippen LogP contribution in [0.25, 0.3) is 10.7 Å². The number of nitrogens with zero attached hydrogens (tertiary/aromatic N) is 4. The molecule has 146 valence electrons. The Balaban J connectivity index is 1.70. The molecule has 0 bridgehead atoms. The summed E-state index contributed by atoms with van der Waals surface area (Å²) >= 11 is 2.88. The van der Waals surface area contributed by atoms with Gasteiger partial charge in [0, 0.05) is 26.1 Å². The molecule has 2 amide bonds. The van der Waals surface area contributed by atoms with Gasteiger partial charge in [0.25, 0.3) is 0 Å². The molecule has 0 aliphatic carbocycles. The van der Waals surface area contributed by atoms with Crippen molar-refractivity contribution in [2.75, 3.05) is 18.8 Å². The molecule has 2 atom stereocenters. The minimum Gasteiger partial charge on any atom is -0.372 e. The first kappa shape index (κ1) is 19.8. The van der Waals surface area contributed by atoms with Crippen molar-refractivity contribution in [1.29, 1.82) is 0 Å². The van der Waals surface area contributed by atoms with E-state index < -0.39 is 0 Å². The lowest BCUT2D eigenvalue weighted by Crippen LogP contribution is -2.48. The Kier molecular flexibility index (Phi) is 6.51. The van der Waals surface area contributed by atoms with E-state index in [-0.39, 0.29) is 36.2 Å². The number of morpholine rings is 1. The van der Waals surface area contributed by atoms with Gasteiger partial charge in [0.15, 0.2) is 11.0 Å². The van der Waals surface area contributed by atoms with Crippen molar-refractivity contribution in [2.45, 2.75) is 44.2 Å². The molecule has 3 rings (SSSR count). The second-order valence-electron chi connectivity index (χ2n) is 6.50. The van der Waals surface area contributed by atoms with Crippen LogP contribution in [0.15, 0.2) is 22.7 Å². The smallest absolute Gasteiger partial charge is 0.233 e. The van der Waals surface area contributed by atoms with Crippen LogP contribution < -0.4 is 5.73 Å². The second kappa shape index (κ2) is 8.85. The molecule has 2 aromatic heterocycles. The van der Waals surface area contributed by atoms with Gasteiger partial charge in [-0.25, -0.2) is 0 Å². The van der Waals surface area contributed by atoms with Crippen molar-refractivity contribution in [3.8, 4) is 10.7 Å². The van der Waals surface area contributed by atoms with Gasteiger partial charge in [-0.3, -0.25) is 9.59 Å². The quantitative estimate of drug-likeness (QED) is 0.697. The largest absolute Gasteiger partial charge is 0.372 e. The van der Waals surface area contributed by atoms with Crippen LogP contribution in [0.4, 0.5) is 0 Å². The molecule has 0 aromatic carbocycles. The molecule has 8 nitrogen and oxygen atoms in total. The van der Waals surface area contributed by atoms with Crippen LogP contribution in [-0.2, 0) is 20.9 Å². The highest BCUT2D eigenvalue weighted by atomic mass is 32.2. The Morgan fingerprint density at radius 1 is 1.33 bits per heavy atom. The van der Waals surface area contributed by atoms with Gasteiger partial charge >= 0.3 is 0 Å². The van der Waals surface area contributed by atoms with Gasteiger partial charge in [-0.05, 0) is 25.3 Å². The highest BCUT2D eigenvalue weighted by Crippen LogP contribution is 2.28. The minimum absolute atomic E-state index is 0.0346. The first-order chi connectivity index (χ1) is 12.9. The number of nitrogens with two attached hydrogens (primary N) is 1. The van der Waals surface area contributed by atoms with Crippen LogP contribution in [0.2, 0.25) is 0 Å². The molecule has 10 heteroatoms. The fourth-order valence-corrected chi connectivity index (χ4v) is 4.59. The van der Waals surface area contributed by atoms with Crippen LogP contribution in [0.5, 0.6) is 0 Å². The number of hydrogen-bond acceptors (Lipinski definition) is 7. The normalized spacial score (nSPS) is 20.0. The van der Waals surface area contributed by atoms with E-state index in [0.29, 0.717) is 30.6 Å². The topological polar surface area (TPSA) is 103 Å². The fourth-order valence-electron chi connectivity index (χ4n) is 3.01. The number of thioether (sulfide) groups is 1. The lowest BCUT2D eigenvalue weighted by atomic mass is 10.2. The van der Waals surface area contributed by atoms with Crippen LogP contribution in [-0.4, -0.2) is 62.5 Å². The molecule has 0 spiro atoms. The van der Waals surface area contributed by atoms with E-state index in [4.69, 9.17) is 10.5 Å². The summed E-state index contributed by atoms with van der Waals surface area (Å²) in [5.41, 5.74) is 5.30. The molecule has 1 saturated heterocycles. The van der Waals surface area contributed by atoms with Gasteiger partial charge in [-0.1, -0.05) is 17.8 Å². The number of carbonyl (C=O) groups is 2. The zero-order chi connectivity index (χ0) is 19.4. The predicted octanol–water partition coefficient (Wildman–Crippen LogP) is 1.61. The van der Waals surface area contributed by atoms with Crippen molar-refractivity contribution < 1.29 is 14.3 Å². The third-order valence-electron chi connectivity index (χ3n) is 4.14. The van der Waals surface area contributed by atoms with Crippen LogP contribution in [0, 0.1) is 0 Å². The van der Waals surface area contributed by atoms with Crippen molar-refractivity contribution in [1.82, 2.24) is 19.7 Å². The fraction of sp³-hybridized carbons (Fsp3) is 0.529. The van der Waals surface area contributed by atoms with E-state index in [1.165, 1.54) is 11.8 Å². The number of hydrogen-bond donors (Lipinski definition) is 1. The van der Waals surface area contributed by atoms with E-state index in [0.717, 1.165) is 4.88 Å². The Morgan fingerprint density at radius 2 is 2.07 bits per heavy atom. The number of aromatic nitrogens is 3. The molecule has 3 heterocycles. The van der Waals surface area contributed by atoms with Crippen molar-refractivity contribution in [3.05, 3.63) is 17.5 Å². The van der Waals surface area contributed by atoms with Gasteiger partial charge in [-0.15, -0.1) is 21.5 Å². The number of primary amides is 1. The molecule has 0 radical (unpaired) electrons. The van der Waals surface area contributed by atoms with Crippen LogP contribution in [0.3, 0.4) is 0 Å². The molecular weight excluding hydrogens is 386 g/mol. The summed E-state index contributed by atoms with van der Waals surface area (Å²) in [4.78, 5) is 26.6. The maximum Gasteiger partial charge on any atom is 0.233 e. The number of amides is 2. The summed E-state index contributed by atoms with van der Waals surface area (Å²) in [6, 6.07) is 3.88. The van der Waals surface area contributed by atoms with Gasteiger partial charge < -0.3 is 19.9 Å². The Bertz CT molecular complexity index is 783. The van der Waals surface area contributed by atoms with E-state index in [9.17, 15) is 9.59 Å².